The number of carbonyl (C=O) groups is 2. The summed E-state index contributed by atoms with van der Waals surface area (Å²) in [5.74, 6) is -3.46. The zero-order chi connectivity index (χ0) is 27.6. The number of carboxylic acid groups (broad SMARTS) is 1. The van der Waals surface area contributed by atoms with Gasteiger partial charge in [0.05, 0.1) is 35.6 Å². The number of carbonyl (C=O) groups excluding carboxylic acids is 1. The molecule has 38 heavy (non-hydrogen) atoms. The Bertz CT molecular complexity index is 1560. The van der Waals surface area contributed by atoms with Gasteiger partial charge >= 0.3 is 12.1 Å². The summed E-state index contributed by atoms with van der Waals surface area (Å²) in [5, 5.41) is 10.1. The third-order valence-corrected chi connectivity index (χ3v) is 7.85. The molecule has 3 aromatic rings. The monoisotopic (exact) mass is 548 g/mol. The first-order valence-corrected chi connectivity index (χ1v) is 13.8. The summed E-state index contributed by atoms with van der Waals surface area (Å²) >= 11 is 0. The van der Waals surface area contributed by atoms with E-state index in [2.05, 4.69) is 4.98 Å². The number of hydrogen-bond donors (Lipinski definition) is 4. The number of sulfonamides is 1. The number of fused-ring (bicyclic) bond motifs is 1. The van der Waals surface area contributed by atoms with E-state index in [1.807, 2.05) is 4.72 Å². The van der Waals surface area contributed by atoms with Gasteiger partial charge in [0.15, 0.2) is 0 Å². The van der Waals surface area contributed by atoms with Crippen molar-refractivity contribution in [3.8, 4) is 11.1 Å². The third kappa shape index (κ3) is 4.35. The number of nitrogens with one attached hydrogen (secondary N) is 2. The Kier molecular flexibility index (Phi) is 6.10. The van der Waals surface area contributed by atoms with E-state index in [4.69, 9.17) is 10.5 Å². The lowest BCUT2D eigenvalue weighted by Crippen LogP contribution is -2.49. The summed E-state index contributed by atoms with van der Waals surface area (Å²) in [4.78, 5) is 29.3. The number of nitrogens with two attached hydrogens (primary N) is 1. The van der Waals surface area contributed by atoms with E-state index in [1.165, 1.54) is 6.07 Å². The van der Waals surface area contributed by atoms with Crippen molar-refractivity contribution in [2.45, 2.75) is 31.4 Å². The minimum Gasteiger partial charge on any atom is -0.477 e. The van der Waals surface area contributed by atoms with E-state index in [-0.39, 0.29) is 22.6 Å². The van der Waals surface area contributed by atoms with Crippen LogP contribution >= 0.6 is 0 Å². The van der Waals surface area contributed by atoms with E-state index in [0.29, 0.717) is 37.0 Å². The van der Waals surface area contributed by atoms with Crippen LogP contribution in [0.5, 0.6) is 0 Å². The Morgan fingerprint density at radius 2 is 1.95 bits per heavy atom. The first-order chi connectivity index (χ1) is 17.8. The Morgan fingerprint density at radius 3 is 2.53 bits per heavy atom. The Morgan fingerprint density at radius 1 is 1.29 bits per heavy atom. The van der Waals surface area contributed by atoms with Gasteiger partial charge in [-0.1, -0.05) is 18.2 Å². The number of H-pyrrole nitrogens is 1. The highest BCUT2D eigenvalue weighted by atomic mass is 32.2. The molecule has 1 amide bonds. The van der Waals surface area contributed by atoms with Crippen molar-refractivity contribution in [2.75, 3.05) is 24.1 Å². The average molecular weight is 549 g/mol. The minimum atomic E-state index is -3.80. The topological polar surface area (TPSA) is 155 Å². The summed E-state index contributed by atoms with van der Waals surface area (Å²) in [6, 6.07) is 5.84. The molecule has 2 aliphatic rings. The number of hydrogen-bond acceptors (Lipinski definition) is 6. The fourth-order valence-corrected chi connectivity index (χ4v) is 6.12. The molecule has 2 aromatic carbocycles. The van der Waals surface area contributed by atoms with Crippen molar-refractivity contribution in [2.24, 2.45) is 11.7 Å². The zero-order valence-electron chi connectivity index (χ0n) is 20.5. The lowest BCUT2D eigenvalue weighted by atomic mass is 9.71. The van der Waals surface area contributed by atoms with Crippen LogP contribution < -0.4 is 10.5 Å². The number of amides is 1. The van der Waals surface area contributed by atoms with Crippen molar-refractivity contribution in [3.05, 3.63) is 53.2 Å². The number of para-hydroxylation sites is 1. The SMILES string of the molecule is C[C@@H](c1cccc2c(-c3c(F)cc(NS(C)(=O)=O)cc3F)c(C(=O)O)[nH]c12)N1CC2(CC(CN)C2)OC1=O. The van der Waals surface area contributed by atoms with Crippen molar-refractivity contribution in [1.82, 2.24) is 9.88 Å². The number of aromatic amines is 1. The van der Waals surface area contributed by atoms with Gasteiger partial charge in [-0.05, 0) is 49.9 Å². The molecule has 10 nitrogen and oxygen atoms in total. The maximum atomic E-state index is 15.2. The van der Waals surface area contributed by atoms with Gasteiger partial charge < -0.3 is 20.6 Å². The molecule has 1 atom stereocenters. The van der Waals surface area contributed by atoms with Gasteiger partial charge in [0, 0.05) is 10.9 Å². The second-order valence-electron chi connectivity index (χ2n) is 10.0. The molecular weight excluding hydrogens is 522 g/mol. The van der Waals surface area contributed by atoms with Crippen LogP contribution in [0.4, 0.5) is 19.3 Å². The summed E-state index contributed by atoms with van der Waals surface area (Å²) in [7, 11) is -3.80. The number of ether oxygens (including phenoxy) is 1. The van der Waals surface area contributed by atoms with Gasteiger partial charge in [0.2, 0.25) is 10.0 Å². The lowest BCUT2D eigenvalue weighted by molar-refractivity contribution is -0.0439. The molecule has 1 aliphatic carbocycles. The first-order valence-electron chi connectivity index (χ1n) is 11.9. The Balaban J connectivity index is 1.59. The average Bonchev–Trinajstić information content (AvgIpc) is 3.34. The number of benzene rings is 2. The van der Waals surface area contributed by atoms with E-state index in [1.54, 1.807) is 24.0 Å². The predicted octanol–water partition coefficient (Wildman–Crippen LogP) is 3.80. The largest absolute Gasteiger partial charge is 0.477 e. The number of halogens is 2. The standard InChI is InChI=1S/C25H26F2N4O6S/c1-12(31-11-25(37-24(31)34)8-13(9-25)10-28)15-4-3-5-16-19(22(23(32)33)29-21(15)16)20-17(26)6-14(7-18(20)27)30-38(2,35)36/h3-7,12-13,29-30H,8-11,28H2,1-2H3,(H,32,33)/t12-,13?,25?/m0/s1. The Hall–Kier alpha value is -3.71. The lowest BCUT2D eigenvalue weighted by Gasteiger charge is -2.42. The fourth-order valence-electron chi connectivity index (χ4n) is 5.58. The smallest absolute Gasteiger partial charge is 0.411 e. The van der Waals surface area contributed by atoms with E-state index in [0.717, 1.165) is 18.4 Å². The highest BCUT2D eigenvalue weighted by molar-refractivity contribution is 7.92. The molecule has 5 rings (SSSR count). The summed E-state index contributed by atoms with van der Waals surface area (Å²) in [5.41, 5.74) is 4.32. The highest BCUT2D eigenvalue weighted by Crippen LogP contribution is 2.47. The summed E-state index contributed by atoms with van der Waals surface area (Å²) in [6.07, 6.45) is 1.67. The molecule has 0 bridgehead atoms. The maximum Gasteiger partial charge on any atom is 0.411 e. The van der Waals surface area contributed by atoms with Crippen molar-refractivity contribution in [1.29, 1.82) is 0 Å². The molecule has 2 fully saturated rings. The second kappa shape index (κ2) is 8.95. The molecule has 0 radical (unpaired) electrons. The van der Waals surface area contributed by atoms with Gasteiger partial charge in [-0.3, -0.25) is 9.62 Å². The summed E-state index contributed by atoms with van der Waals surface area (Å²) < 4.78 is 61.1. The number of carboxylic acids is 1. The predicted molar refractivity (Wildman–Crippen MR) is 135 cm³/mol. The number of nitrogens with zero attached hydrogens (tertiary/aromatic N) is 1. The van der Waals surface area contributed by atoms with Crippen LogP contribution in [0.1, 0.15) is 41.9 Å². The molecule has 1 aromatic heterocycles. The fraction of sp³-hybridized carbons (Fsp3) is 0.360. The van der Waals surface area contributed by atoms with Gasteiger partial charge in [0.25, 0.3) is 0 Å². The number of rotatable bonds is 7. The molecule has 13 heteroatoms. The number of anilines is 1. The normalized spacial score (nSPS) is 22.0. The zero-order valence-corrected chi connectivity index (χ0v) is 21.4. The molecule has 1 aliphatic heterocycles. The third-order valence-electron chi connectivity index (χ3n) is 7.24. The second-order valence-corrected chi connectivity index (χ2v) is 11.8. The van der Waals surface area contributed by atoms with Crippen LogP contribution in [0.2, 0.25) is 0 Å². The molecule has 0 unspecified atom stereocenters. The van der Waals surface area contributed by atoms with Crippen molar-refractivity contribution < 1.29 is 36.6 Å². The van der Waals surface area contributed by atoms with Crippen LogP contribution in [-0.4, -0.2) is 60.4 Å². The quantitative estimate of drug-likeness (QED) is 0.350. The van der Waals surface area contributed by atoms with Crippen LogP contribution in [0.15, 0.2) is 30.3 Å². The summed E-state index contributed by atoms with van der Waals surface area (Å²) in [6.45, 7) is 2.62. The van der Waals surface area contributed by atoms with E-state index < -0.39 is 56.6 Å². The minimum absolute atomic E-state index is 0.225. The molecule has 202 valence electrons. The van der Waals surface area contributed by atoms with Gasteiger partial charge in [-0.25, -0.2) is 26.8 Å². The van der Waals surface area contributed by atoms with Crippen LogP contribution in [0.3, 0.4) is 0 Å². The van der Waals surface area contributed by atoms with Crippen molar-refractivity contribution in [3.63, 3.8) is 0 Å². The molecule has 5 N–H and O–H groups in total. The maximum absolute atomic E-state index is 15.2. The van der Waals surface area contributed by atoms with E-state index >= 15 is 8.78 Å². The first kappa shape index (κ1) is 25.9. The van der Waals surface area contributed by atoms with Crippen LogP contribution in [0.25, 0.3) is 22.0 Å². The number of aromatic carboxylic acids is 1. The molecule has 2 heterocycles. The van der Waals surface area contributed by atoms with Gasteiger partial charge in [0.1, 0.15) is 22.9 Å². The molecular formula is C25H26F2N4O6S. The van der Waals surface area contributed by atoms with Crippen molar-refractivity contribution >= 4 is 38.7 Å². The molecule has 1 saturated heterocycles. The van der Waals surface area contributed by atoms with Gasteiger partial charge in [-0.2, -0.15) is 0 Å². The van der Waals surface area contributed by atoms with Crippen LogP contribution in [0, 0.1) is 17.6 Å². The number of aromatic nitrogens is 1. The molecule has 1 saturated carbocycles. The highest BCUT2D eigenvalue weighted by Gasteiger charge is 2.54. The van der Waals surface area contributed by atoms with Gasteiger partial charge in [-0.15, -0.1) is 0 Å². The Labute approximate surface area is 216 Å². The molecule has 1 spiro atoms. The van der Waals surface area contributed by atoms with E-state index in [9.17, 15) is 23.1 Å². The van der Waals surface area contributed by atoms with Crippen LogP contribution in [-0.2, 0) is 14.8 Å².